The first-order valence-electron chi connectivity index (χ1n) is 9.22. The van der Waals surface area contributed by atoms with Crippen molar-refractivity contribution in [3.8, 4) is 33.6 Å². The highest BCUT2D eigenvalue weighted by molar-refractivity contribution is 7.13. The van der Waals surface area contributed by atoms with Crippen molar-refractivity contribution in [1.82, 2.24) is 10.3 Å². The summed E-state index contributed by atoms with van der Waals surface area (Å²) < 4.78 is 21.8. The summed E-state index contributed by atoms with van der Waals surface area (Å²) in [5.41, 5.74) is 2.92. The number of para-hydroxylation sites is 1. The van der Waals surface area contributed by atoms with Gasteiger partial charge in [-0.1, -0.05) is 6.07 Å². The molecule has 7 heteroatoms. The van der Waals surface area contributed by atoms with Gasteiger partial charge in [0.25, 0.3) is 0 Å². The fourth-order valence-electron chi connectivity index (χ4n) is 3.11. The molecule has 0 bridgehead atoms. The molecule has 0 saturated carbocycles. The Bertz CT molecular complexity index is 958. The summed E-state index contributed by atoms with van der Waals surface area (Å²) in [4.78, 5) is 4.77. The fourth-order valence-corrected chi connectivity index (χ4v) is 3.95. The lowest BCUT2D eigenvalue weighted by Crippen LogP contribution is -2.19. The molecule has 154 valence electrons. The van der Waals surface area contributed by atoms with Crippen LogP contribution in [0.2, 0.25) is 0 Å². The summed E-state index contributed by atoms with van der Waals surface area (Å²) in [6.45, 7) is 2.72. The van der Waals surface area contributed by atoms with Gasteiger partial charge in [-0.05, 0) is 37.3 Å². The standard InChI is InChI=1S/C22H26N2O4S/c1-14(18-11-16(25-2)9-10-19(18)26-3)23-12-15-13-29-22(24-15)17-7-6-8-20(27-4)21(17)28-5/h6-11,13-14,23H,12H2,1-5H3. The van der Waals surface area contributed by atoms with Crippen LogP contribution in [0.4, 0.5) is 0 Å². The molecule has 0 radical (unpaired) electrons. The van der Waals surface area contributed by atoms with Crippen LogP contribution in [-0.2, 0) is 6.54 Å². The lowest BCUT2D eigenvalue weighted by Gasteiger charge is -2.17. The minimum Gasteiger partial charge on any atom is -0.497 e. The maximum absolute atomic E-state index is 5.53. The van der Waals surface area contributed by atoms with E-state index in [1.54, 1.807) is 39.8 Å². The number of hydrogen-bond acceptors (Lipinski definition) is 7. The Morgan fingerprint density at radius 2 is 1.76 bits per heavy atom. The molecule has 1 aromatic heterocycles. The van der Waals surface area contributed by atoms with Crippen molar-refractivity contribution in [1.29, 1.82) is 0 Å². The van der Waals surface area contributed by atoms with Crippen molar-refractivity contribution in [3.05, 3.63) is 53.0 Å². The van der Waals surface area contributed by atoms with E-state index in [1.165, 1.54) is 0 Å². The van der Waals surface area contributed by atoms with E-state index in [-0.39, 0.29) is 6.04 Å². The Hall–Kier alpha value is -2.77. The van der Waals surface area contributed by atoms with Gasteiger partial charge in [0.15, 0.2) is 11.5 Å². The normalized spacial score (nSPS) is 11.8. The summed E-state index contributed by atoms with van der Waals surface area (Å²) in [6.07, 6.45) is 0. The Morgan fingerprint density at radius 3 is 2.45 bits per heavy atom. The van der Waals surface area contributed by atoms with Gasteiger partial charge in [-0.15, -0.1) is 11.3 Å². The minimum atomic E-state index is 0.0663. The van der Waals surface area contributed by atoms with E-state index >= 15 is 0 Å². The van der Waals surface area contributed by atoms with E-state index in [1.807, 2.05) is 36.4 Å². The van der Waals surface area contributed by atoms with Gasteiger partial charge in [0.1, 0.15) is 16.5 Å². The van der Waals surface area contributed by atoms with Gasteiger partial charge in [0.05, 0.1) is 39.7 Å². The van der Waals surface area contributed by atoms with Gasteiger partial charge >= 0.3 is 0 Å². The van der Waals surface area contributed by atoms with Crippen molar-refractivity contribution in [2.75, 3.05) is 28.4 Å². The molecule has 0 aliphatic rings. The summed E-state index contributed by atoms with van der Waals surface area (Å²) in [6, 6.07) is 11.7. The number of hydrogen-bond donors (Lipinski definition) is 1. The van der Waals surface area contributed by atoms with Crippen LogP contribution in [-0.4, -0.2) is 33.4 Å². The summed E-state index contributed by atoms with van der Waals surface area (Å²) in [5.74, 6) is 3.01. The Balaban J connectivity index is 1.75. The van der Waals surface area contributed by atoms with Crippen LogP contribution in [0.1, 0.15) is 24.2 Å². The zero-order valence-corrected chi connectivity index (χ0v) is 18.1. The van der Waals surface area contributed by atoms with Crippen LogP contribution in [0.5, 0.6) is 23.0 Å². The van der Waals surface area contributed by atoms with E-state index in [4.69, 9.17) is 23.9 Å². The van der Waals surface area contributed by atoms with Gasteiger partial charge in [0.2, 0.25) is 0 Å². The lowest BCUT2D eigenvalue weighted by atomic mass is 10.1. The molecule has 29 heavy (non-hydrogen) atoms. The number of aromatic nitrogens is 1. The first-order chi connectivity index (χ1) is 14.1. The monoisotopic (exact) mass is 414 g/mol. The van der Waals surface area contributed by atoms with Gasteiger partial charge in [-0.3, -0.25) is 0 Å². The molecule has 1 N–H and O–H groups in total. The van der Waals surface area contributed by atoms with Crippen molar-refractivity contribution < 1.29 is 18.9 Å². The predicted octanol–water partition coefficient (Wildman–Crippen LogP) is 4.70. The van der Waals surface area contributed by atoms with Crippen molar-refractivity contribution >= 4 is 11.3 Å². The second kappa shape index (κ2) is 9.62. The number of nitrogens with one attached hydrogen (secondary N) is 1. The molecule has 2 aromatic carbocycles. The smallest absolute Gasteiger partial charge is 0.170 e. The van der Waals surface area contributed by atoms with E-state index < -0.39 is 0 Å². The third-order valence-electron chi connectivity index (χ3n) is 4.68. The zero-order chi connectivity index (χ0) is 20.8. The number of methoxy groups -OCH3 is 4. The zero-order valence-electron chi connectivity index (χ0n) is 17.3. The van der Waals surface area contributed by atoms with Gasteiger partial charge in [0, 0.05) is 23.5 Å². The van der Waals surface area contributed by atoms with E-state index in [0.29, 0.717) is 18.0 Å². The largest absolute Gasteiger partial charge is 0.497 e. The minimum absolute atomic E-state index is 0.0663. The van der Waals surface area contributed by atoms with Crippen LogP contribution in [0, 0.1) is 0 Å². The Morgan fingerprint density at radius 1 is 0.966 bits per heavy atom. The molecule has 0 spiro atoms. The number of rotatable bonds is 9. The maximum atomic E-state index is 5.53. The second-order valence-electron chi connectivity index (χ2n) is 6.40. The lowest BCUT2D eigenvalue weighted by molar-refractivity contribution is 0.356. The SMILES string of the molecule is COc1ccc(OC)c(C(C)NCc2csc(-c3cccc(OC)c3OC)n2)c1. The van der Waals surface area contributed by atoms with E-state index in [2.05, 4.69) is 17.6 Å². The van der Waals surface area contributed by atoms with Crippen LogP contribution in [0.15, 0.2) is 41.8 Å². The van der Waals surface area contributed by atoms with Crippen molar-refractivity contribution in [3.63, 3.8) is 0 Å². The predicted molar refractivity (Wildman–Crippen MR) is 115 cm³/mol. The Labute approximate surface area is 175 Å². The third-order valence-corrected chi connectivity index (χ3v) is 5.60. The van der Waals surface area contributed by atoms with Crippen molar-refractivity contribution in [2.24, 2.45) is 0 Å². The average molecular weight is 415 g/mol. The van der Waals surface area contributed by atoms with Crippen LogP contribution in [0.3, 0.4) is 0 Å². The molecule has 0 aliphatic heterocycles. The second-order valence-corrected chi connectivity index (χ2v) is 7.25. The molecule has 3 rings (SSSR count). The van der Waals surface area contributed by atoms with Crippen LogP contribution in [0.25, 0.3) is 10.6 Å². The molecule has 0 saturated heterocycles. The number of nitrogens with zero attached hydrogens (tertiary/aromatic N) is 1. The van der Waals surface area contributed by atoms with Crippen LogP contribution >= 0.6 is 11.3 Å². The molecule has 1 heterocycles. The van der Waals surface area contributed by atoms with E-state index in [9.17, 15) is 0 Å². The van der Waals surface area contributed by atoms with Crippen molar-refractivity contribution in [2.45, 2.75) is 19.5 Å². The number of thiazole rings is 1. The average Bonchev–Trinajstić information content (AvgIpc) is 3.25. The molecular weight excluding hydrogens is 388 g/mol. The topological polar surface area (TPSA) is 61.8 Å². The fraction of sp³-hybridized carbons (Fsp3) is 0.318. The molecular formula is C22H26N2O4S. The maximum Gasteiger partial charge on any atom is 0.170 e. The quantitative estimate of drug-likeness (QED) is 0.548. The highest BCUT2D eigenvalue weighted by Gasteiger charge is 2.16. The summed E-state index contributed by atoms with van der Waals surface area (Å²) in [7, 11) is 6.60. The molecule has 1 atom stereocenters. The molecule has 1 unspecified atom stereocenters. The van der Waals surface area contributed by atoms with Crippen LogP contribution < -0.4 is 24.3 Å². The first kappa shape index (κ1) is 21.0. The Kier molecular flexibility index (Phi) is 6.95. The molecule has 0 fully saturated rings. The first-order valence-corrected chi connectivity index (χ1v) is 10.1. The summed E-state index contributed by atoms with van der Waals surface area (Å²) in [5, 5.41) is 6.45. The molecule has 0 amide bonds. The van der Waals surface area contributed by atoms with Gasteiger partial charge < -0.3 is 24.3 Å². The molecule has 6 nitrogen and oxygen atoms in total. The third kappa shape index (κ3) is 4.63. The van der Waals surface area contributed by atoms with Gasteiger partial charge in [-0.2, -0.15) is 0 Å². The summed E-state index contributed by atoms with van der Waals surface area (Å²) >= 11 is 1.58. The number of benzene rings is 2. The molecule has 0 aliphatic carbocycles. The van der Waals surface area contributed by atoms with Gasteiger partial charge in [-0.25, -0.2) is 4.98 Å². The molecule has 3 aromatic rings. The number of ether oxygens (including phenoxy) is 4. The highest BCUT2D eigenvalue weighted by Crippen LogP contribution is 2.39. The van der Waals surface area contributed by atoms with E-state index in [0.717, 1.165) is 33.3 Å². The highest BCUT2D eigenvalue weighted by atomic mass is 32.1.